The summed E-state index contributed by atoms with van der Waals surface area (Å²) in [7, 11) is 3.39. The van der Waals surface area contributed by atoms with Crippen LogP contribution in [-0.2, 0) is 13.0 Å². The quantitative estimate of drug-likeness (QED) is 0.630. The van der Waals surface area contributed by atoms with Gasteiger partial charge in [-0.05, 0) is 42.7 Å². The van der Waals surface area contributed by atoms with Crippen LogP contribution in [0.2, 0.25) is 0 Å². The van der Waals surface area contributed by atoms with Gasteiger partial charge in [0.05, 0.1) is 19.9 Å². The number of carbonyl (C=O) groups excluding carboxylic acids is 1. The zero-order chi connectivity index (χ0) is 20.1. The number of methoxy groups -OCH3 is 1. The van der Waals surface area contributed by atoms with E-state index in [1.165, 1.54) is 12.1 Å². The minimum absolute atomic E-state index is 0.0500. The summed E-state index contributed by atoms with van der Waals surface area (Å²) in [6.45, 7) is 2.40. The first-order valence-electron chi connectivity index (χ1n) is 9.01. The number of carbonyl (C=O) groups is 1. The number of likely N-dealkylation sites (N-methyl/N-ethyl adjacent to an activating group) is 1. The van der Waals surface area contributed by atoms with Gasteiger partial charge in [-0.3, -0.25) is 4.79 Å². The smallest absolute Gasteiger partial charge is 0.276 e. The fourth-order valence-corrected chi connectivity index (χ4v) is 2.96. The van der Waals surface area contributed by atoms with Crippen molar-refractivity contribution in [2.45, 2.75) is 25.9 Å². The molecule has 0 aliphatic carbocycles. The van der Waals surface area contributed by atoms with Crippen molar-refractivity contribution in [1.29, 1.82) is 0 Å². The lowest BCUT2D eigenvalue weighted by Crippen LogP contribution is -2.36. The molecular weight excluding hydrogens is 359 g/mol. The molecule has 0 fully saturated rings. The van der Waals surface area contributed by atoms with Gasteiger partial charge in [0, 0.05) is 13.1 Å². The van der Waals surface area contributed by atoms with Crippen LogP contribution >= 0.6 is 0 Å². The van der Waals surface area contributed by atoms with Crippen LogP contribution in [0.3, 0.4) is 0 Å². The molecule has 0 spiro atoms. The number of halogens is 1. The maximum atomic E-state index is 13.0. The SMILES string of the molecule is COc1ccccc1CC(C)N(C)C(=O)c1cn(Cc2ccc(F)cc2)nn1. The zero-order valence-corrected chi connectivity index (χ0v) is 16.2. The van der Waals surface area contributed by atoms with Crippen molar-refractivity contribution in [1.82, 2.24) is 19.9 Å². The van der Waals surface area contributed by atoms with E-state index in [1.54, 1.807) is 42.1 Å². The van der Waals surface area contributed by atoms with Gasteiger partial charge in [-0.1, -0.05) is 35.5 Å². The molecule has 0 saturated heterocycles. The molecule has 2 aromatic carbocycles. The third-order valence-corrected chi connectivity index (χ3v) is 4.70. The highest BCUT2D eigenvalue weighted by Gasteiger charge is 2.21. The Balaban J connectivity index is 1.66. The summed E-state index contributed by atoms with van der Waals surface area (Å²) in [4.78, 5) is 14.4. The number of amides is 1. The lowest BCUT2D eigenvalue weighted by Gasteiger charge is -2.24. The fraction of sp³-hybridized carbons (Fsp3) is 0.286. The van der Waals surface area contributed by atoms with Crippen LogP contribution in [-0.4, -0.2) is 46.0 Å². The van der Waals surface area contributed by atoms with Crippen LogP contribution in [0.5, 0.6) is 5.75 Å². The van der Waals surface area contributed by atoms with E-state index in [9.17, 15) is 9.18 Å². The van der Waals surface area contributed by atoms with Gasteiger partial charge < -0.3 is 9.64 Å². The van der Waals surface area contributed by atoms with Crippen molar-refractivity contribution in [2.24, 2.45) is 0 Å². The second-order valence-corrected chi connectivity index (χ2v) is 6.71. The predicted molar refractivity (Wildman–Crippen MR) is 104 cm³/mol. The van der Waals surface area contributed by atoms with Gasteiger partial charge in [0.15, 0.2) is 5.69 Å². The van der Waals surface area contributed by atoms with E-state index in [0.717, 1.165) is 16.9 Å². The topological polar surface area (TPSA) is 60.2 Å². The number of aromatic nitrogens is 3. The Bertz CT molecular complexity index is 940. The van der Waals surface area contributed by atoms with Crippen LogP contribution in [0.1, 0.15) is 28.5 Å². The molecule has 1 atom stereocenters. The van der Waals surface area contributed by atoms with E-state index < -0.39 is 0 Å². The second kappa shape index (κ2) is 8.65. The van der Waals surface area contributed by atoms with Gasteiger partial charge in [0.1, 0.15) is 11.6 Å². The van der Waals surface area contributed by atoms with E-state index in [0.29, 0.717) is 13.0 Å². The van der Waals surface area contributed by atoms with E-state index in [4.69, 9.17) is 4.74 Å². The van der Waals surface area contributed by atoms with E-state index in [1.807, 2.05) is 31.2 Å². The molecule has 7 heteroatoms. The minimum Gasteiger partial charge on any atom is -0.496 e. The van der Waals surface area contributed by atoms with E-state index in [2.05, 4.69) is 10.3 Å². The Morgan fingerprint density at radius 3 is 2.64 bits per heavy atom. The number of hydrogen-bond donors (Lipinski definition) is 0. The number of ether oxygens (including phenoxy) is 1. The van der Waals surface area contributed by atoms with Gasteiger partial charge in [0.25, 0.3) is 5.91 Å². The Hall–Kier alpha value is -3.22. The molecule has 28 heavy (non-hydrogen) atoms. The van der Waals surface area contributed by atoms with Crippen molar-refractivity contribution in [2.75, 3.05) is 14.2 Å². The average molecular weight is 382 g/mol. The van der Waals surface area contributed by atoms with Crippen LogP contribution in [0.4, 0.5) is 4.39 Å². The lowest BCUT2D eigenvalue weighted by molar-refractivity contribution is 0.0737. The molecule has 0 bridgehead atoms. The molecule has 146 valence electrons. The molecule has 0 radical (unpaired) electrons. The Morgan fingerprint density at radius 2 is 1.93 bits per heavy atom. The minimum atomic E-state index is -0.288. The van der Waals surface area contributed by atoms with Crippen molar-refractivity contribution in [3.05, 3.63) is 77.4 Å². The van der Waals surface area contributed by atoms with Crippen LogP contribution in [0.25, 0.3) is 0 Å². The number of para-hydroxylation sites is 1. The van der Waals surface area contributed by atoms with Crippen molar-refractivity contribution >= 4 is 5.91 Å². The molecule has 1 aromatic heterocycles. The fourth-order valence-electron chi connectivity index (χ4n) is 2.96. The maximum absolute atomic E-state index is 13.0. The van der Waals surface area contributed by atoms with Gasteiger partial charge >= 0.3 is 0 Å². The largest absolute Gasteiger partial charge is 0.496 e. The highest BCUT2D eigenvalue weighted by molar-refractivity contribution is 5.91. The van der Waals surface area contributed by atoms with Gasteiger partial charge in [0.2, 0.25) is 0 Å². The molecule has 0 aliphatic heterocycles. The molecule has 1 amide bonds. The monoisotopic (exact) mass is 382 g/mol. The van der Waals surface area contributed by atoms with Crippen LogP contribution in [0.15, 0.2) is 54.7 Å². The summed E-state index contributed by atoms with van der Waals surface area (Å²) < 4.78 is 20.0. The van der Waals surface area contributed by atoms with Crippen molar-refractivity contribution in [3.8, 4) is 5.75 Å². The van der Waals surface area contributed by atoms with Crippen LogP contribution in [0, 0.1) is 5.82 Å². The first-order valence-corrected chi connectivity index (χ1v) is 9.01. The summed E-state index contributed by atoms with van der Waals surface area (Å²) in [5.41, 5.74) is 2.19. The number of rotatable bonds is 7. The molecule has 3 aromatic rings. The lowest BCUT2D eigenvalue weighted by atomic mass is 10.0. The van der Waals surface area contributed by atoms with E-state index in [-0.39, 0.29) is 23.5 Å². The first kappa shape index (κ1) is 19.5. The number of benzene rings is 2. The van der Waals surface area contributed by atoms with Gasteiger partial charge in [-0.15, -0.1) is 5.10 Å². The Kier molecular flexibility index (Phi) is 6.03. The van der Waals surface area contributed by atoms with Gasteiger partial charge in [-0.25, -0.2) is 9.07 Å². The molecule has 1 unspecified atom stereocenters. The maximum Gasteiger partial charge on any atom is 0.276 e. The molecule has 6 nitrogen and oxygen atoms in total. The average Bonchev–Trinajstić information content (AvgIpc) is 3.17. The first-order chi connectivity index (χ1) is 13.5. The summed E-state index contributed by atoms with van der Waals surface area (Å²) in [6.07, 6.45) is 2.27. The summed E-state index contributed by atoms with van der Waals surface area (Å²) in [6, 6.07) is 13.9. The normalized spacial score (nSPS) is 11.9. The predicted octanol–water partition coefficient (Wildman–Crippen LogP) is 3.18. The second-order valence-electron chi connectivity index (χ2n) is 6.71. The zero-order valence-electron chi connectivity index (χ0n) is 16.2. The van der Waals surface area contributed by atoms with E-state index >= 15 is 0 Å². The van der Waals surface area contributed by atoms with Crippen molar-refractivity contribution < 1.29 is 13.9 Å². The summed E-state index contributed by atoms with van der Waals surface area (Å²) in [5, 5.41) is 8.01. The Morgan fingerprint density at radius 1 is 1.21 bits per heavy atom. The molecule has 0 aliphatic rings. The summed E-state index contributed by atoms with van der Waals surface area (Å²) >= 11 is 0. The third-order valence-electron chi connectivity index (χ3n) is 4.70. The number of hydrogen-bond acceptors (Lipinski definition) is 4. The van der Waals surface area contributed by atoms with Crippen LogP contribution < -0.4 is 4.74 Å². The molecule has 1 heterocycles. The molecule has 0 saturated carbocycles. The van der Waals surface area contributed by atoms with Crippen molar-refractivity contribution in [3.63, 3.8) is 0 Å². The third kappa shape index (κ3) is 4.54. The highest BCUT2D eigenvalue weighted by atomic mass is 19.1. The number of nitrogens with zero attached hydrogens (tertiary/aromatic N) is 4. The summed E-state index contributed by atoms with van der Waals surface area (Å²) in [5.74, 6) is 0.317. The molecule has 0 N–H and O–H groups in total. The highest BCUT2D eigenvalue weighted by Crippen LogP contribution is 2.20. The molecule has 3 rings (SSSR count). The Labute approximate surface area is 163 Å². The standard InChI is InChI=1S/C21H23FN4O2/c1-15(12-17-6-4-5-7-20(17)28-3)25(2)21(27)19-14-26(24-23-19)13-16-8-10-18(22)11-9-16/h4-11,14-15H,12-13H2,1-3H3. The molecular formula is C21H23FN4O2. The van der Waals surface area contributed by atoms with Gasteiger partial charge in [-0.2, -0.15) is 0 Å².